The predicted octanol–water partition coefficient (Wildman–Crippen LogP) is 24.5. The van der Waals surface area contributed by atoms with Crippen molar-refractivity contribution < 1.29 is 36.9 Å². The van der Waals surface area contributed by atoms with Gasteiger partial charge in [-0.2, -0.15) is 0 Å². The van der Waals surface area contributed by atoms with Gasteiger partial charge < -0.3 is 0 Å². The second-order valence-corrected chi connectivity index (χ2v) is 44.9. The van der Waals surface area contributed by atoms with Gasteiger partial charge in [0.1, 0.15) is 0 Å². The number of benzene rings is 18. The summed E-state index contributed by atoms with van der Waals surface area (Å²) in [4.78, 5) is 29.2. The van der Waals surface area contributed by atoms with Crippen molar-refractivity contribution >= 4 is 196 Å². The Labute approximate surface area is 722 Å². The summed E-state index contributed by atoms with van der Waals surface area (Å²) in [6.45, 7) is 0. The number of rotatable bonds is 0. The van der Waals surface area contributed by atoms with Gasteiger partial charge in [0.15, 0.2) is 0 Å². The van der Waals surface area contributed by atoms with Gasteiger partial charge in [0.25, 0.3) is 0 Å². The average Bonchev–Trinajstić information content (AvgIpc) is 1.69. The fourth-order valence-corrected chi connectivity index (χ4v) is 33.0. The van der Waals surface area contributed by atoms with Crippen LogP contribution in [0.4, 0.5) is 34.1 Å². The van der Waals surface area contributed by atoms with Crippen LogP contribution >= 0.6 is 0 Å². The average molecular weight is 1920 g/mol. The summed E-state index contributed by atoms with van der Waals surface area (Å²) in [5.41, 5.74) is 8.80. The molecule has 588 valence electrons. The van der Waals surface area contributed by atoms with Gasteiger partial charge in [-0.05, 0) is 0 Å². The first-order chi connectivity index (χ1) is 60.7. The first-order valence-electron chi connectivity index (χ1n) is 39.9. The first kappa shape index (κ1) is 74.8. The standard InChI is InChI=1S/6C17H13NO2.3Sn/c2*19-16-8-4-2-6-13(16)11-18-15-10-9-12-5-1-3-7-14(12)17(15)20;2*19-15-8-4-2-6-13(15)11-18-17-14-7-3-1-5-12(14)9-10-16(17)20;2*19-16-8-4-3-7-14(16)11-18-15-9-12-5-1-2-6-13(12)10-17(15)20;;;/h6*1-11,19-20H;;;/q;;;;;;3*+4/p-12. The zero-order chi connectivity index (χ0) is 81.7. The Morgan fingerprint density at radius 2 is 0.382 bits per heavy atom. The van der Waals surface area contributed by atoms with Crippen LogP contribution in [-0.2, 0) is 0 Å². The van der Waals surface area contributed by atoms with Gasteiger partial charge in [-0.25, -0.2) is 0 Å². The van der Waals surface area contributed by atoms with E-state index in [2.05, 4.69) is 24.3 Å². The van der Waals surface area contributed by atoms with Crippen molar-refractivity contribution in [3.05, 3.63) is 397 Å². The van der Waals surface area contributed by atoms with Crippen molar-refractivity contribution in [3.8, 4) is 69.0 Å². The van der Waals surface area contributed by atoms with E-state index in [9.17, 15) is 0 Å². The van der Waals surface area contributed by atoms with Gasteiger partial charge in [0.05, 0.1) is 0 Å². The van der Waals surface area contributed by atoms with Crippen LogP contribution in [0, 0.1) is 0 Å². The van der Waals surface area contributed by atoms with E-state index < -0.39 is 60.1 Å². The third-order valence-electron chi connectivity index (χ3n) is 21.5. The van der Waals surface area contributed by atoms with E-state index in [1.54, 1.807) is 24.9 Å². The molecule has 0 radical (unpaired) electrons. The molecule has 0 atom stereocenters. The van der Waals surface area contributed by atoms with Gasteiger partial charge in [0.2, 0.25) is 0 Å². The zero-order valence-electron chi connectivity index (χ0n) is 65.2. The Balaban J connectivity index is 0.000000110. The molecule has 0 fully saturated rings. The van der Waals surface area contributed by atoms with Gasteiger partial charge >= 0.3 is 729 Å². The van der Waals surface area contributed by atoms with Crippen molar-refractivity contribution in [2.75, 3.05) is 0 Å². The zero-order valence-corrected chi connectivity index (χ0v) is 73.7. The van der Waals surface area contributed by atoms with Crippen LogP contribution in [0.15, 0.2) is 394 Å². The van der Waals surface area contributed by atoms with E-state index in [0.29, 0.717) is 103 Å². The molecule has 6 aliphatic heterocycles. The van der Waals surface area contributed by atoms with E-state index in [-0.39, 0.29) is 0 Å². The summed E-state index contributed by atoms with van der Waals surface area (Å²) in [5, 5.41) is 12.0. The van der Waals surface area contributed by atoms with E-state index in [4.69, 9.17) is 66.8 Å². The van der Waals surface area contributed by atoms with E-state index >= 15 is 0 Å². The molecule has 123 heavy (non-hydrogen) atoms. The Kier molecular flexibility index (Phi) is 19.4. The molecule has 24 rings (SSSR count). The SMILES string of the molecule is C1=Nc2c(ccc3ccccc23)[O][Sn]2([O]c3ccccc31)[O]c1ccccc1C=Nc1c(ccc3ccccc13)[O]2.C1=Nc2cc3ccccc3cc2[O][Sn]2([O]c3ccccc31)[O]c1ccccc1C=Nc1cc3ccccc3cc1[O]2.C1=Nc2ccc3ccccc3c2[O][Sn]2([O]c3ccccc31)[O]c1ccccc1C=Nc1ccc3ccccc3c1[O]2. The Bertz CT molecular complexity index is 7040. The minimum atomic E-state index is -5.27. The molecule has 0 amide bonds. The van der Waals surface area contributed by atoms with Crippen molar-refractivity contribution in [2.24, 2.45) is 30.0 Å². The van der Waals surface area contributed by atoms with Crippen LogP contribution in [-0.4, -0.2) is 97.4 Å². The summed E-state index contributed by atoms with van der Waals surface area (Å²) in [6.07, 6.45) is 10.8. The Morgan fingerprint density at radius 1 is 0.154 bits per heavy atom. The molecule has 21 heteroatoms. The molecule has 0 aliphatic carbocycles. The third kappa shape index (κ3) is 14.9. The maximum absolute atomic E-state index is 7.04. The molecule has 18 aromatic rings. The fourth-order valence-electron chi connectivity index (χ4n) is 15.4. The normalized spacial score (nSPS) is 17.0. The van der Waals surface area contributed by atoms with Crippen LogP contribution in [0.3, 0.4) is 0 Å². The minimum absolute atomic E-state index is 0.531. The number of hydrogen-bond acceptors (Lipinski definition) is 18. The second-order valence-electron chi connectivity index (χ2n) is 29.4. The van der Waals surface area contributed by atoms with Gasteiger partial charge in [0, 0.05) is 0 Å². The monoisotopic (exact) mass is 1930 g/mol. The Morgan fingerprint density at radius 3 is 0.715 bits per heavy atom. The molecule has 0 aromatic heterocycles. The quantitative estimate of drug-likeness (QED) is 0.131. The first-order valence-corrected chi connectivity index (χ1v) is 53.9. The van der Waals surface area contributed by atoms with Crippen LogP contribution in [0.1, 0.15) is 33.4 Å². The molecule has 6 heterocycles. The predicted molar refractivity (Wildman–Crippen MR) is 491 cm³/mol. The second kappa shape index (κ2) is 31.9. The van der Waals surface area contributed by atoms with Crippen molar-refractivity contribution in [1.29, 1.82) is 0 Å². The van der Waals surface area contributed by atoms with Gasteiger partial charge in [-0.3, -0.25) is 0 Å². The number of aliphatic imine (C=N–C) groups is 6. The topological polar surface area (TPSA) is 185 Å². The van der Waals surface area contributed by atoms with E-state index in [0.717, 1.165) is 98.0 Å². The molecule has 0 saturated carbocycles. The van der Waals surface area contributed by atoms with E-state index in [1.165, 1.54) is 0 Å². The maximum atomic E-state index is 7.04. The van der Waals surface area contributed by atoms with Crippen LogP contribution in [0.25, 0.3) is 64.6 Å². The van der Waals surface area contributed by atoms with Gasteiger partial charge in [-0.15, -0.1) is 0 Å². The van der Waals surface area contributed by atoms with Crippen molar-refractivity contribution in [2.45, 2.75) is 0 Å². The molecule has 0 saturated heterocycles. The van der Waals surface area contributed by atoms with Crippen LogP contribution in [0.5, 0.6) is 69.0 Å². The molecule has 6 aliphatic rings. The summed E-state index contributed by atoms with van der Waals surface area (Å²) >= 11 is -15.7. The molecule has 0 bridgehead atoms. The number of fused-ring (bicyclic) bond motifs is 22. The molecule has 0 N–H and O–H groups in total. The number of para-hydroxylation sites is 6. The summed E-state index contributed by atoms with van der Waals surface area (Å²) in [6, 6.07) is 119. The molecule has 0 unspecified atom stereocenters. The number of nitrogens with zero attached hydrogens (tertiary/aromatic N) is 6. The van der Waals surface area contributed by atoms with E-state index in [1.807, 2.05) is 352 Å². The van der Waals surface area contributed by atoms with Gasteiger partial charge in [-0.1, -0.05) is 0 Å². The molecule has 18 nitrogen and oxygen atoms in total. The molecule has 3 spiro atoms. The Hall–Kier alpha value is -14.5. The van der Waals surface area contributed by atoms with Crippen LogP contribution in [0.2, 0.25) is 0 Å². The summed E-state index contributed by atoms with van der Waals surface area (Å²) < 4.78 is 82.8. The third-order valence-corrected chi connectivity index (χ3v) is 37.5. The summed E-state index contributed by atoms with van der Waals surface area (Å²) in [7, 11) is 0. The number of hydrogen-bond donors (Lipinski definition) is 0. The molecular formula is C102H66N6O12Sn3. The van der Waals surface area contributed by atoms with Crippen LogP contribution < -0.4 is 36.9 Å². The molecular weight excluding hydrogens is 1860 g/mol. The molecule has 18 aromatic carbocycles. The fraction of sp³-hybridized carbons (Fsp3) is 0. The van der Waals surface area contributed by atoms with Crippen molar-refractivity contribution in [1.82, 2.24) is 0 Å². The van der Waals surface area contributed by atoms with Crippen molar-refractivity contribution in [3.63, 3.8) is 0 Å². The summed E-state index contributed by atoms with van der Waals surface area (Å²) in [5.74, 6) is 6.68.